The zero-order valence-corrected chi connectivity index (χ0v) is 15.7. The highest BCUT2D eigenvalue weighted by atomic mass is 16.5. The highest BCUT2D eigenvalue weighted by Crippen LogP contribution is 2.27. The number of urea groups is 1. The Hall–Kier alpha value is -2.41. The maximum atomic E-state index is 12.8. The van der Waals surface area contributed by atoms with Crippen molar-refractivity contribution < 1.29 is 9.53 Å². The van der Waals surface area contributed by atoms with E-state index in [-0.39, 0.29) is 17.7 Å². The number of amides is 2. The second-order valence-electron chi connectivity index (χ2n) is 7.16. The van der Waals surface area contributed by atoms with Crippen LogP contribution in [0.1, 0.15) is 39.2 Å². The predicted octanol–water partition coefficient (Wildman–Crippen LogP) is 2.76. The van der Waals surface area contributed by atoms with Gasteiger partial charge in [0, 0.05) is 49.9 Å². The molecule has 2 aromatic rings. The molecular formula is C19H27N5O2. The summed E-state index contributed by atoms with van der Waals surface area (Å²) < 4.78 is 7.63. The summed E-state index contributed by atoms with van der Waals surface area (Å²) >= 11 is 0. The van der Waals surface area contributed by atoms with Crippen molar-refractivity contribution in [1.29, 1.82) is 0 Å². The highest BCUT2D eigenvalue weighted by molar-refractivity contribution is 5.74. The number of ether oxygens (including phenoxy) is 1. The smallest absolute Gasteiger partial charge is 0.317 e. The van der Waals surface area contributed by atoms with Gasteiger partial charge in [0.15, 0.2) is 0 Å². The van der Waals surface area contributed by atoms with Crippen LogP contribution in [0.25, 0.3) is 5.82 Å². The van der Waals surface area contributed by atoms with Crippen molar-refractivity contribution in [3.63, 3.8) is 0 Å². The monoisotopic (exact) mass is 357 g/mol. The maximum Gasteiger partial charge on any atom is 0.317 e. The molecule has 2 amide bonds. The minimum atomic E-state index is -0.186. The minimum absolute atomic E-state index is 0.0457. The van der Waals surface area contributed by atoms with Crippen LogP contribution in [0.5, 0.6) is 0 Å². The van der Waals surface area contributed by atoms with Gasteiger partial charge in [0.1, 0.15) is 12.1 Å². The molecule has 3 heterocycles. The molecule has 0 radical (unpaired) electrons. The first-order valence-electron chi connectivity index (χ1n) is 9.11. The van der Waals surface area contributed by atoms with E-state index in [4.69, 9.17) is 4.74 Å². The summed E-state index contributed by atoms with van der Waals surface area (Å²) in [5.41, 5.74) is 0.761. The first-order chi connectivity index (χ1) is 12.5. The van der Waals surface area contributed by atoms with Crippen molar-refractivity contribution in [1.82, 2.24) is 24.8 Å². The molecule has 0 saturated carbocycles. The average molecular weight is 357 g/mol. The molecule has 1 unspecified atom stereocenters. The number of nitrogens with one attached hydrogen (secondary N) is 1. The van der Waals surface area contributed by atoms with Gasteiger partial charge < -0.3 is 15.0 Å². The van der Waals surface area contributed by atoms with E-state index in [2.05, 4.69) is 29.1 Å². The zero-order chi connectivity index (χ0) is 18.6. The zero-order valence-electron chi connectivity index (χ0n) is 15.7. The van der Waals surface area contributed by atoms with Crippen molar-refractivity contribution in [3.05, 3.63) is 42.6 Å². The molecule has 1 N–H and O–H groups in total. The maximum absolute atomic E-state index is 12.8. The second kappa shape index (κ2) is 7.86. The van der Waals surface area contributed by atoms with Gasteiger partial charge in [-0.05, 0) is 39.7 Å². The quantitative estimate of drug-likeness (QED) is 0.893. The number of carbonyl (C=O) groups excluding carboxylic acids is 1. The molecule has 2 aromatic heterocycles. The topological polar surface area (TPSA) is 72.3 Å². The van der Waals surface area contributed by atoms with Gasteiger partial charge in [0.2, 0.25) is 0 Å². The molecule has 0 aromatic carbocycles. The number of rotatable bonds is 5. The molecule has 0 spiro atoms. The van der Waals surface area contributed by atoms with Crippen LogP contribution in [0.15, 0.2) is 37.1 Å². The third-order valence-electron chi connectivity index (χ3n) is 4.76. The van der Waals surface area contributed by atoms with Crippen LogP contribution >= 0.6 is 0 Å². The molecule has 1 aliphatic rings. The summed E-state index contributed by atoms with van der Waals surface area (Å²) in [5.74, 6) is 0.778. The standard InChI is InChI=1S/C19H27N5O2/c1-4-24(16-7-11-26-19(2,3)12-16)18(25)22-13-15-6-5-8-21-17(15)23-10-9-20-14-23/h5-6,8-10,14,16H,4,7,11-13H2,1-3H3,(H,22,25). The Morgan fingerprint density at radius 3 is 3.00 bits per heavy atom. The summed E-state index contributed by atoms with van der Waals surface area (Å²) in [6.45, 7) is 7.96. The minimum Gasteiger partial charge on any atom is -0.375 e. The third-order valence-corrected chi connectivity index (χ3v) is 4.76. The van der Waals surface area contributed by atoms with Crippen LogP contribution in [0, 0.1) is 0 Å². The first-order valence-corrected chi connectivity index (χ1v) is 9.11. The number of hydrogen-bond acceptors (Lipinski definition) is 4. The van der Waals surface area contributed by atoms with Crippen LogP contribution in [-0.2, 0) is 11.3 Å². The largest absolute Gasteiger partial charge is 0.375 e. The Labute approximate surface area is 154 Å². The molecule has 140 valence electrons. The summed E-state index contributed by atoms with van der Waals surface area (Å²) in [7, 11) is 0. The first kappa shape index (κ1) is 18.4. The van der Waals surface area contributed by atoms with Crippen LogP contribution < -0.4 is 5.32 Å². The number of nitrogens with zero attached hydrogens (tertiary/aromatic N) is 4. The van der Waals surface area contributed by atoms with E-state index in [1.807, 2.05) is 34.7 Å². The summed E-state index contributed by atoms with van der Waals surface area (Å²) in [6, 6.07) is 4.00. The van der Waals surface area contributed by atoms with Gasteiger partial charge >= 0.3 is 6.03 Å². The van der Waals surface area contributed by atoms with E-state index in [1.54, 1.807) is 18.7 Å². The lowest BCUT2D eigenvalue weighted by Gasteiger charge is -2.40. The third kappa shape index (κ3) is 4.22. The number of imidazole rings is 1. The van der Waals surface area contributed by atoms with Crippen LogP contribution in [-0.4, -0.2) is 50.3 Å². The van der Waals surface area contributed by atoms with E-state index in [9.17, 15) is 4.79 Å². The molecule has 7 heteroatoms. The van der Waals surface area contributed by atoms with Crippen LogP contribution in [0.3, 0.4) is 0 Å². The average Bonchev–Trinajstić information content (AvgIpc) is 3.14. The van der Waals surface area contributed by atoms with Crippen LogP contribution in [0.2, 0.25) is 0 Å². The lowest BCUT2D eigenvalue weighted by atomic mass is 9.93. The Bertz CT molecular complexity index is 729. The molecule has 1 atom stereocenters. The van der Waals surface area contributed by atoms with E-state index < -0.39 is 0 Å². The summed E-state index contributed by atoms with van der Waals surface area (Å²) in [6.07, 6.45) is 8.72. The Morgan fingerprint density at radius 2 is 2.31 bits per heavy atom. The Kier molecular flexibility index (Phi) is 5.56. The fourth-order valence-corrected chi connectivity index (χ4v) is 3.49. The Morgan fingerprint density at radius 1 is 1.46 bits per heavy atom. The normalized spacial score (nSPS) is 19.1. The van der Waals surface area contributed by atoms with Crippen molar-refractivity contribution in [2.45, 2.75) is 51.8 Å². The summed E-state index contributed by atoms with van der Waals surface area (Å²) in [5, 5.41) is 3.05. The van der Waals surface area contributed by atoms with Crippen molar-refractivity contribution in [2.24, 2.45) is 0 Å². The SMILES string of the molecule is CCN(C(=O)NCc1cccnc1-n1ccnc1)C1CCOC(C)(C)C1. The molecule has 7 nitrogen and oxygen atoms in total. The number of carbonyl (C=O) groups is 1. The predicted molar refractivity (Wildman–Crippen MR) is 99.0 cm³/mol. The fraction of sp³-hybridized carbons (Fsp3) is 0.526. The van der Waals surface area contributed by atoms with Gasteiger partial charge in [-0.15, -0.1) is 0 Å². The van der Waals surface area contributed by atoms with Gasteiger partial charge in [0.05, 0.1) is 5.60 Å². The van der Waals surface area contributed by atoms with Gasteiger partial charge in [-0.25, -0.2) is 14.8 Å². The highest BCUT2D eigenvalue weighted by Gasteiger charge is 2.33. The molecule has 1 fully saturated rings. The van der Waals surface area contributed by atoms with Crippen molar-refractivity contribution in [2.75, 3.05) is 13.2 Å². The van der Waals surface area contributed by atoms with E-state index in [0.717, 1.165) is 24.2 Å². The number of pyridine rings is 1. The molecule has 26 heavy (non-hydrogen) atoms. The van der Waals surface area contributed by atoms with Gasteiger partial charge in [0.25, 0.3) is 0 Å². The molecule has 0 bridgehead atoms. The van der Waals surface area contributed by atoms with E-state index in [1.165, 1.54) is 0 Å². The fourth-order valence-electron chi connectivity index (χ4n) is 3.49. The van der Waals surface area contributed by atoms with Crippen molar-refractivity contribution in [3.8, 4) is 5.82 Å². The van der Waals surface area contributed by atoms with Gasteiger partial charge in [-0.1, -0.05) is 6.07 Å². The second-order valence-corrected chi connectivity index (χ2v) is 7.16. The molecule has 1 saturated heterocycles. The summed E-state index contributed by atoms with van der Waals surface area (Å²) in [4.78, 5) is 23.2. The molecule has 1 aliphatic heterocycles. The Balaban J connectivity index is 1.67. The lowest BCUT2D eigenvalue weighted by molar-refractivity contribution is -0.0764. The number of hydrogen-bond donors (Lipinski definition) is 1. The van der Waals surface area contributed by atoms with Crippen LogP contribution in [0.4, 0.5) is 4.79 Å². The van der Waals surface area contributed by atoms with Gasteiger partial charge in [-0.2, -0.15) is 0 Å². The van der Waals surface area contributed by atoms with Crippen molar-refractivity contribution >= 4 is 6.03 Å². The molecule has 0 aliphatic carbocycles. The van der Waals surface area contributed by atoms with E-state index >= 15 is 0 Å². The van der Waals surface area contributed by atoms with Gasteiger partial charge in [-0.3, -0.25) is 4.57 Å². The lowest BCUT2D eigenvalue weighted by Crippen LogP contribution is -2.51. The number of aromatic nitrogens is 3. The van der Waals surface area contributed by atoms with E-state index in [0.29, 0.717) is 19.7 Å². The molecular weight excluding hydrogens is 330 g/mol. The molecule has 3 rings (SSSR count).